The molecule has 4 rings (SSSR count). The quantitative estimate of drug-likeness (QED) is 0.808. The van der Waals surface area contributed by atoms with Crippen molar-refractivity contribution < 1.29 is 9.18 Å². The van der Waals surface area contributed by atoms with Crippen molar-refractivity contribution in [2.45, 2.75) is 44.2 Å². The van der Waals surface area contributed by atoms with E-state index >= 15 is 0 Å². The molecule has 2 aromatic rings. The molecule has 4 atom stereocenters. The van der Waals surface area contributed by atoms with Crippen molar-refractivity contribution in [3.63, 3.8) is 0 Å². The number of pyridine rings is 1. The molecule has 2 fully saturated rings. The van der Waals surface area contributed by atoms with Crippen molar-refractivity contribution in [2.75, 3.05) is 0 Å². The van der Waals surface area contributed by atoms with Crippen LogP contribution in [-0.4, -0.2) is 22.9 Å². The molecule has 1 unspecified atom stereocenters. The van der Waals surface area contributed by atoms with Crippen LogP contribution in [0.5, 0.6) is 0 Å². The zero-order valence-corrected chi connectivity index (χ0v) is 15.5. The second-order valence-corrected chi connectivity index (χ2v) is 7.85. The molecule has 1 saturated heterocycles. The standard InChI is InChI=1S/C22H22FN3O2/c23-18-7-5-14(19-2-1-3-21(28)26-19)10-16(18)8-13(12-24)9-20(27)22-15-4-6-17(11-15)25-22/h1-3,5,7,10,13,15,17,22,25H,4,6,8-9,11H2,(H,26,28)/t13?,15-,17+,22-/m0/s1. The molecule has 2 N–H and O–H groups in total. The molecule has 0 spiro atoms. The van der Waals surface area contributed by atoms with Gasteiger partial charge in [-0.25, -0.2) is 4.39 Å². The number of H-pyrrole nitrogens is 1. The lowest BCUT2D eigenvalue weighted by Gasteiger charge is -2.22. The Labute approximate surface area is 162 Å². The molecule has 5 nitrogen and oxygen atoms in total. The van der Waals surface area contributed by atoms with Crippen molar-refractivity contribution in [1.29, 1.82) is 5.26 Å². The van der Waals surface area contributed by atoms with Crippen molar-refractivity contribution in [3.05, 3.63) is 58.1 Å². The second kappa shape index (κ2) is 7.69. The first-order chi connectivity index (χ1) is 13.5. The number of benzene rings is 1. The van der Waals surface area contributed by atoms with Gasteiger partial charge in [0.15, 0.2) is 5.78 Å². The number of Topliss-reactive ketones (excluding diaryl/α,β-unsaturated/α-hetero) is 1. The third kappa shape index (κ3) is 3.76. The van der Waals surface area contributed by atoms with Gasteiger partial charge in [-0.15, -0.1) is 0 Å². The molecule has 2 bridgehead atoms. The van der Waals surface area contributed by atoms with Gasteiger partial charge < -0.3 is 10.3 Å². The number of nitrogens with zero attached hydrogens (tertiary/aromatic N) is 1. The Kier molecular flexibility index (Phi) is 5.10. The van der Waals surface area contributed by atoms with E-state index < -0.39 is 11.7 Å². The Hall–Kier alpha value is -2.78. The molecule has 1 aromatic carbocycles. The fourth-order valence-electron chi connectivity index (χ4n) is 4.53. The largest absolute Gasteiger partial charge is 0.322 e. The van der Waals surface area contributed by atoms with Gasteiger partial charge in [0, 0.05) is 24.2 Å². The summed E-state index contributed by atoms with van der Waals surface area (Å²) in [5.41, 5.74) is 1.40. The van der Waals surface area contributed by atoms with Crippen LogP contribution in [0.1, 0.15) is 31.2 Å². The Morgan fingerprint density at radius 3 is 2.82 bits per heavy atom. The van der Waals surface area contributed by atoms with E-state index in [2.05, 4.69) is 16.4 Å². The molecular formula is C22H22FN3O2. The zero-order chi connectivity index (χ0) is 19.7. The molecule has 2 aliphatic rings. The van der Waals surface area contributed by atoms with Gasteiger partial charge >= 0.3 is 0 Å². The Balaban J connectivity index is 1.49. The first-order valence-electron chi connectivity index (χ1n) is 9.70. The zero-order valence-electron chi connectivity index (χ0n) is 15.5. The van der Waals surface area contributed by atoms with Crippen LogP contribution in [0.3, 0.4) is 0 Å². The number of hydrogen-bond donors (Lipinski definition) is 2. The summed E-state index contributed by atoms with van der Waals surface area (Å²) in [4.78, 5) is 26.9. The highest BCUT2D eigenvalue weighted by atomic mass is 19.1. The van der Waals surface area contributed by atoms with Gasteiger partial charge in [-0.1, -0.05) is 6.07 Å². The lowest BCUT2D eigenvalue weighted by Crippen LogP contribution is -2.42. The Morgan fingerprint density at radius 1 is 1.29 bits per heavy atom. The number of nitriles is 1. The molecule has 1 saturated carbocycles. The summed E-state index contributed by atoms with van der Waals surface area (Å²) in [7, 11) is 0. The smallest absolute Gasteiger partial charge is 0.248 e. The van der Waals surface area contributed by atoms with Gasteiger partial charge in [0.25, 0.3) is 0 Å². The number of aromatic nitrogens is 1. The minimum atomic E-state index is -0.576. The summed E-state index contributed by atoms with van der Waals surface area (Å²) in [6.45, 7) is 0. The Bertz CT molecular complexity index is 994. The van der Waals surface area contributed by atoms with Crippen molar-refractivity contribution >= 4 is 5.78 Å². The summed E-state index contributed by atoms with van der Waals surface area (Å²) in [5, 5.41) is 12.9. The number of nitrogens with one attached hydrogen (secondary N) is 2. The normalized spacial score (nSPS) is 24.1. The SMILES string of the molecule is N#CC(CC(=O)[C@H]1N[C@@H]2CC[C@H]1C2)Cc1cc(-c2cccc(=O)[nH]2)ccc1F. The predicted molar refractivity (Wildman–Crippen MR) is 103 cm³/mol. The number of carbonyl (C=O) groups is 1. The van der Waals surface area contributed by atoms with E-state index in [-0.39, 0.29) is 30.2 Å². The van der Waals surface area contributed by atoms with Crippen LogP contribution in [0, 0.1) is 29.0 Å². The molecule has 144 valence electrons. The average molecular weight is 379 g/mol. The molecule has 1 aliphatic carbocycles. The lowest BCUT2D eigenvalue weighted by molar-refractivity contribution is -0.122. The number of carbonyl (C=O) groups excluding carboxylic acids is 1. The van der Waals surface area contributed by atoms with Gasteiger partial charge in [-0.3, -0.25) is 9.59 Å². The van der Waals surface area contributed by atoms with E-state index in [1.165, 1.54) is 12.1 Å². The topological polar surface area (TPSA) is 85.8 Å². The second-order valence-electron chi connectivity index (χ2n) is 7.85. The summed E-state index contributed by atoms with van der Waals surface area (Å²) in [6.07, 6.45) is 3.52. The van der Waals surface area contributed by atoms with E-state index in [0.29, 0.717) is 28.8 Å². The van der Waals surface area contributed by atoms with Crippen molar-refractivity contribution in [2.24, 2.45) is 11.8 Å². The highest BCUT2D eigenvalue weighted by Gasteiger charge is 2.42. The number of hydrogen-bond acceptors (Lipinski definition) is 4. The summed E-state index contributed by atoms with van der Waals surface area (Å²) >= 11 is 0. The molecule has 0 amide bonds. The van der Waals surface area contributed by atoms with Crippen LogP contribution in [0.2, 0.25) is 0 Å². The number of piperidine rings is 1. The third-order valence-corrected chi connectivity index (χ3v) is 5.93. The molecule has 1 aliphatic heterocycles. The molecule has 6 heteroatoms. The fourth-order valence-corrected chi connectivity index (χ4v) is 4.53. The third-order valence-electron chi connectivity index (χ3n) is 5.93. The molecule has 2 heterocycles. The summed E-state index contributed by atoms with van der Waals surface area (Å²) in [5.74, 6) is -0.546. The molecule has 0 radical (unpaired) electrons. The van der Waals surface area contributed by atoms with Gasteiger partial charge in [0.05, 0.1) is 18.0 Å². The van der Waals surface area contributed by atoms with Crippen LogP contribution in [0.25, 0.3) is 11.3 Å². The van der Waals surface area contributed by atoms with E-state index in [0.717, 1.165) is 19.3 Å². The van der Waals surface area contributed by atoms with Crippen LogP contribution >= 0.6 is 0 Å². The van der Waals surface area contributed by atoms with Crippen LogP contribution in [-0.2, 0) is 11.2 Å². The van der Waals surface area contributed by atoms with Gasteiger partial charge in [0.2, 0.25) is 5.56 Å². The number of fused-ring (bicyclic) bond motifs is 2. The average Bonchev–Trinajstić information content (AvgIpc) is 3.32. The lowest BCUT2D eigenvalue weighted by atomic mass is 9.88. The van der Waals surface area contributed by atoms with E-state index in [1.807, 2.05) is 0 Å². The van der Waals surface area contributed by atoms with Crippen LogP contribution in [0.4, 0.5) is 4.39 Å². The Morgan fingerprint density at radius 2 is 2.14 bits per heavy atom. The molecule has 28 heavy (non-hydrogen) atoms. The van der Waals surface area contributed by atoms with E-state index in [1.54, 1.807) is 24.3 Å². The highest BCUT2D eigenvalue weighted by molar-refractivity contribution is 5.85. The number of halogens is 1. The van der Waals surface area contributed by atoms with E-state index in [4.69, 9.17) is 0 Å². The monoisotopic (exact) mass is 379 g/mol. The van der Waals surface area contributed by atoms with Gasteiger partial charge in [0.1, 0.15) is 5.82 Å². The maximum absolute atomic E-state index is 14.3. The van der Waals surface area contributed by atoms with E-state index in [9.17, 15) is 19.2 Å². The first-order valence-corrected chi connectivity index (χ1v) is 9.70. The van der Waals surface area contributed by atoms with Crippen LogP contribution in [0.15, 0.2) is 41.2 Å². The van der Waals surface area contributed by atoms with Gasteiger partial charge in [-0.05, 0) is 67.0 Å². The van der Waals surface area contributed by atoms with Crippen molar-refractivity contribution in [3.8, 4) is 17.3 Å². The number of ketones is 1. The predicted octanol–water partition coefficient (Wildman–Crippen LogP) is 2.96. The minimum Gasteiger partial charge on any atom is -0.322 e. The molecular weight excluding hydrogens is 357 g/mol. The summed E-state index contributed by atoms with van der Waals surface area (Å²) in [6, 6.07) is 11.8. The fraction of sp³-hybridized carbons (Fsp3) is 0.409. The molecule has 1 aromatic heterocycles. The minimum absolute atomic E-state index is 0.0581. The maximum Gasteiger partial charge on any atom is 0.248 e. The number of aromatic amines is 1. The van der Waals surface area contributed by atoms with Gasteiger partial charge in [-0.2, -0.15) is 5.26 Å². The number of rotatable bonds is 6. The van der Waals surface area contributed by atoms with Crippen molar-refractivity contribution in [1.82, 2.24) is 10.3 Å². The van der Waals surface area contributed by atoms with Crippen LogP contribution < -0.4 is 10.9 Å². The first kappa shape index (κ1) is 18.6. The summed E-state index contributed by atoms with van der Waals surface area (Å²) < 4.78 is 14.3. The highest BCUT2D eigenvalue weighted by Crippen LogP contribution is 2.36. The maximum atomic E-state index is 14.3.